The molecule has 0 heterocycles. The van der Waals surface area contributed by atoms with Crippen molar-refractivity contribution in [3.8, 4) is 0 Å². The fourth-order valence-corrected chi connectivity index (χ4v) is 4.11. The first-order valence-electron chi connectivity index (χ1n) is 11.2. The highest BCUT2D eigenvalue weighted by molar-refractivity contribution is 5.84. The predicted molar refractivity (Wildman–Crippen MR) is 115 cm³/mol. The zero-order valence-corrected chi connectivity index (χ0v) is 18.0. The van der Waals surface area contributed by atoms with Crippen molar-refractivity contribution in [3.05, 3.63) is 24.8 Å². The van der Waals surface area contributed by atoms with Gasteiger partial charge in [0.2, 0.25) is 0 Å². The van der Waals surface area contributed by atoms with E-state index >= 15 is 0 Å². The first-order chi connectivity index (χ1) is 13.9. The molecule has 1 saturated carbocycles. The molecule has 1 aliphatic carbocycles. The van der Waals surface area contributed by atoms with Gasteiger partial charge in [-0.25, -0.2) is 0 Å². The van der Waals surface area contributed by atoms with Crippen LogP contribution >= 0.6 is 0 Å². The summed E-state index contributed by atoms with van der Waals surface area (Å²) < 4.78 is 0. The maximum Gasteiger partial charge on any atom is 0.158 e. The molecule has 1 unspecified atom stereocenters. The Bertz CT molecular complexity index is 541. The second-order valence-corrected chi connectivity index (χ2v) is 8.47. The van der Waals surface area contributed by atoms with E-state index in [1.54, 1.807) is 6.08 Å². The molecule has 0 aromatic rings. The van der Waals surface area contributed by atoms with Crippen LogP contribution in [-0.2, 0) is 9.59 Å². The summed E-state index contributed by atoms with van der Waals surface area (Å²) in [6.07, 6.45) is 13.8. The van der Waals surface area contributed by atoms with Crippen LogP contribution in [0.15, 0.2) is 24.8 Å². The number of Topliss-reactive ketones (excluding diaryl/α,β-unsaturated/α-hetero) is 2. The summed E-state index contributed by atoms with van der Waals surface area (Å²) in [5.41, 5.74) is -0.930. The van der Waals surface area contributed by atoms with Crippen molar-refractivity contribution in [3.63, 3.8) is 0 Å². The van der Waals surface area contributed by atoms with Crippen molar-refractivity contribution in [2.24, 2.45) is 11.8 Å². The van der Waals surface area contributed by atoms with Crippen LogP contribution in [-0.4, -0.2) is 45.2 Å². The minimum absolute atomic E-state index is 0.115. The van der Waals surface area contributed by atoms with Gasteiger partial charge < -0.3 is 15.3 Å². The number of carbonyl (C=O) groups excluding carboxylic acids is 2. The summed E-state index contributed by atoms with van der Waals surface area (Å²) in [6, 6.07) is 0. The third kappa shape index (κ3) is 9.37. The summed E-state index contributed by atoms with van der Waals surface area (Å²) in [6.45, 7) is 5.50. The van der Waals surface area contributed by atoms with E-state index in [0.29, 0.717) is 19.3 Å². The molecule has 0 aliphatic heterocycles. The highest BCUT2D eigenvalue weighted by Gasteiger charge is 2.39. The van der Waals surface area contributed by atoms with E-state index in [9.17, 15) is 19.8 Å². The summed E-state index contributed by atoms with van der Waals surface area (Å²) in [4.78, 5) is 23.4. The monoisotopic (exact) mass is 408 g/mol. The van der Waals surface area contributed by atoms with Gasteiger partial charge in [-0.3, -0.25) is 9.59 Å². The Labute approximate surface area is 175 Å². The topological polar surface area (TPSA) is 94.8 Å². The Morgan fingerprint density at radius 2 is 1.93 bits per heavy atom. The minimum Gasteiger partial charge on any atom is -0.392 e. The van der Waals surface area contributed by atoms with E-state index in [4.69, 9.17) is 5.11 Å². The van der Waals surface area contributed by atoms with Crippen LogP contribution in [0.2, 0.25) is 0 Å². The van der Waals surface area contributed by atoms with Crippen LogP contribution in [0.3, 0.4) is 0 Å². The van der Waals surface area contributed by atoms with Crippen molar-refractivity contribution < 1.29 is 24.9 Å². The maximum absolute atomic E-state index is 12.3. The second-order valence-electron chi connectivity index (χ2n) is 8.47. The number of rotatable bonds is 16. The molecule has 29 heavy (non-hydrogen) atoms. The van der Waals surface area contributed by atoms with Crippen molar-refractivity contribution in [2.45, 2.75) is 95.7 Å². The number of hydrogen-bond donors (Lipinski definition) is 3. The van der Waals surface area contributed by atoms with Gasteiger partial charge in [0.25, 0.3) is 0 Å². The largest absolute Gasteiger partial charge is 0.392 e. The molecular formula is C24H40O5. The van der Waals surface area contributed by atoms with Crippen molar-refractivity contribution in [2.75, 3.05) is 6.61 Å². The van der Waals surface area contributed by atoms with Gasteiger partial charge in [-0.2, -0.15) is 0 Å². The number of aliphatic hydroxyl groups is 3. The first kappa shape index (κ1) is 25.7. The van der Waals surface area contributed by atoms with E-state index in [0.717, 1.165) is 51.4 Å². The lowest BCUT2D eigenvalue weighted by Crippen LogP contribution is -2.25. The number of unbranched alkanes of at least 4 members (excludes halogenated alkanes) is 5. The molecule has 1 fully saturated rings. The number of carbonyl (C=O) groups is 2. The zero-order chi connectivity index (χ0) is 21.7. The summed E-state index contributed by atoms with van der Waals surface area (Å²) in [5.74, 6) is -0.372. The van der Waals surface area contributed by atoms with Crippen LogP contribution in [0, 0.1) is 11.8 Å². The quantitative estimate of drug-likeness (QED) is 0.266. The zero-order valence-electron chi connectivity index (χ0n) is 18.0. The molecular weight excluding hydrogens is 368 g/mol. The second kappa shape index (κ2) is 13.8. The molecule has 1 rings (SSSR count). The number of hydrogen-bond acceptors (Lipinski definition) is 5. The molecule has 0 radical (unpaired) electrons. The number of aliphatic hydroxyl groups excluding tert-OH is 2. The fourth-order valence-electron chi connectivity index (χ4n) is 4.11. The summed E-state index contributed by atoms with van der Waals surface area (Å²) >= 11 is 0. The van der Waals surface area contributed by atoms with E-state index in [2.05, 4.69) is 13.5 Å². The van der Waals surface area contributed by atoms with Gasteiger partial charge in [-0.1, -0.05) is 63.7 Å². The number of ketones is 2. The Morgan fingerprint density at radius 3 is 2.59 bits per heavy atom. The van der Waals surface area contributed by atoms with Crippen LogP contribution in [0.4, 0.5) is 0 Å². The lowest BCUT2D eigenvalue weighted by Gasteiger charge is -2.23. The molecule has 0 aromatic heterocycles. The van der Waals surface area contributed by atoms with Crippen molar-refractivity contribution in [1.82, 2.24) is 0 Å². The minimum atomic E-state index is -0.930. The fraction of sp³-hybridized carbons (Fsp3) is 0.750. The van der Waals surface area contributed by atoms with Crippen LogP contribution < -0.4 is 0 Å². The third-order valence-corrected chi connectivity index (χ3v) is 6.05. The van der Waals surface area contributed by atoms with Gasteiger partial charge in [0.05, 0.1) is 11.7 Å². The molecule has 0 spiro atoms. The maximum atomic E-state index is 12.3. The summed E-state index contributed by atoms with van der Waals surface area (Å²) in [5, 5.41) is 29.7. The Balaban J connectivity index is 2.48. The molecule has 0 saturated heterocycles. The first-order valence-corrected chi connectivity index (χ1v) is 11.2. The molecule has 4 atom stereocenters. The van der Waals surface area contributed by atoms with Crippen LogP contribution in [0.5, 0.6) is 0 Å². The van der Waals surface area contributed by atoms with Gasteiger partial charge >= 0.3 is 0 Å². The smallest absolute Gasteiger partial charge is 0.158 e. The molecule has 0 bridgehead atoms. The van der Waals surface area contributed by atoms with Gasteiger partial charge in [-0.05, 0) is 25.7 Å². The highest BCUT2D eigenvalue weighted by atomic mass is 16.3. The average molecular weight is 409 g/mol. The van der Waals surface area contributed by atoms with Gasteiger partial charge in [0.15, 0.2) is 5.78 Å². The van der Waals surface area contributed by atoms with Crippen molar-refractivity contribution >= 4 is 11.6 Å². The molecule has 166 valence electrons. The highest BCUT2D eigenvalue weighted by Crippen LogP contribution is 2.35. The Hall–Kier alpha value is -1.30. The predicted octanol–water partition coefficient (Wildman–Crippen LogP) is 3.90. The van der Waals surface area contributed by atoms with E-state index < -0.39 is 11.7 Å². The standard InChI is InChI=1S/C24H40O5/c1-3-5-10-15-24(29,4-2)16-11-14-21-20(22(27)17-23(21)28)13-9-7-6-8-12-19(26)18-25/h4,11,14,20-21,23,25,28-29H,2-3,5-10,12-13,15-18H2,1H3/b14-11+/t20-,21-,23-,24?/m1/s1. The Morgan fingerprint density at radius 1 is 1.21 bits per heavy atom. The van der Waals surface area contributed by atoms with Crippen molar-refractivity contribution in [1.29, 1.82) is 0 Å². The average Bonchev–Trinajstić information content (AvgIpc) is 2.97. The molecule has 5 nitrogen and oxygen atoms in total. The van der Waals surface area contributed by atoms with Gasteiger partial charge in [0, 0.05) is 24.7 Å². The molecule has 5 heteroatoms. The van der Waals surface area contributed by atoms with E-state index in [1.807, 2.05) is 12.2 Å². The molecule has 0 amide bonds. The molecule has 3 N–H and O–H groups in total. The van der Waals surface area contributed by atoms with E-state index in [-0.39, 0.29) is 36.4 Å². The van der Waals surface area contributed by atoms with Gasteiger partial charge in [0.1, 0.15) is 12.4 Å². The lowest BCUT2D eigenvalue weighted by atomic mass is 9.87. The lowest BCUT2D eigenvalue weighted by molar-refractivity contribution is -0.122. The van der Waals surface area contributed by atoms with Crippen LogP contribution in [0.1, 0.15) is 84.0 Å². The Kier molecular flexibility index (Phi) is 12.3. The summed E-state index contributed by atoms with van der Waals surface area (Å²) in [7, 11) is 0. The normalized spacial score (nSPS) is 24.1. The third-order valence-electron chi connectivity index (χ3n) is 6.05. The SMILES string of the molecule is C=CC(O)(C/C=C/[C@H]1[C@H](O)CC(=O)[C@@H]1CCCCCCC(=O)CO)CCCCC. The molecule has 0 aromatic carbocycles. The van der Waals surface area contributed by atoms with E-state index in [1.165, 1.54) is 0 Å². The van der Waals surface area contributed by atoms with Gasteiger partial charge in [-0.15, -0.1) is 6.58 Å². The molecule has 1 aliphatic rings. The van der Waals surface area contributed by atoms with Crippen LogP contribution in [0.25, 0.3) is 0 Å².